The standard InChI is InChI=1S/C18H28N4O2/c1-2-4-15(5-3-1)18-12-17(24-20-18)14-22-9-7-21(8-10-22)13-16-6-11-23-19-16/h6,11,15,17H,1-5,7-10,12-14H2. The molecule has 1 unspecified atom stereocenters. The molecule has 2 fully saturated rings. The van der Waals surface area contributed by atoms with E-state index < -0.39 is 0 Å². The topological polar surface area (TPSA) is 54.1 Å². The second-order valence-electron chi connectivity index (χ2n) is 7.42. The summed E-state index contributed by atoms with van der Waals surface area (Å²) in [6, 6.07) is 1.95. The summed E-state index contributed by atoms with van der Waals surface area (Å²) in [5, 5.41) is 8.43. The van der Waals surface area contributed by atoms with Gasteiger partial charge in [-0.1, -0.05) is 29.6 Å². The number of hydrogen-bond donors (Lipinski definition) is 0. The summed E-state index contributed by atoms with van der Waals surface area (Å²) in [4.78, 5) is 10.7. The Labute approximate surface area is 143 Å². The van der Waals surface area contributed by atoms with Gasteiger partial charge in [-0.25, -0.2) is 0 Å². The van der Waals surface area contributed by atoms with Gasteiger partial charge < -0.3 is 9.36 Å². The van der Waals surface area contributed by atoms with Crippen molar-refractivity contribution >= 4 is 5.71 Å². The molecule has 1 aromatic heterocycles. The van der Waals surface area contributed by atoms with Crippen LogP contribution in [0.15, 0.2) is 22.0 Å². The molecule has 3 aliphatic rings. The summed E-state index contributed by atoms with van der Waals surface area (Å²) >= 11 is 0. The van der Waals surface area contributed by atoms with Gasteiger partial charge in [-0.05, 0) is 12.8 Å². The van der Waals surface area contributed by atoms with Crippen molar-refractivity contribution in [3.05, 3.63) is 18.0 Å². The number of rotatable bonds is 5. The monoisotopic (exact) mass is 332 g/mol. The van der Waals surface area contributed by atoms with E-state index in [9.17, 15) is 0 Å². The average molecular weight is 332 g/mol. The number of aromatic nitrogens is 1. The van der Waals surface area contributed by atoms with Crippen molar-refractivity contribution in [2.75, 3.05) is 32.7 Å². The third kappa shape index (κ3) is 3.98. The maximum Gasteiger partial charge on any atom is 0.145 e. The van der Waals surface area contributed by atoms with Crippen LogP contribution in [0.1, 0.15) is 44.2 Å². The molecule has 0 amide bonds. The zero-order chi connectivity index (χ0) is 16.2. The summed E-state index contributed by atoms with van der Waals surface area (Å²) in [6.07, 6.45) is 9.71. The Morgan fingerprint density at radius 1 is 1.04 bits per heavy atom. The molecule has 1 atom stereocenters. The van der Waals surface area contributed by atoms with Crippen molar-refractivity contribution in [3.8, 4) is 0 Å². The number of nitrogens with zero attached hydrogens (tertiary/aromatic N) is 4. The van der Waals surface area contributed by atoms with Gasteiger partial charge in [-0.3, -0.25) is 9.80 Å². The van der Waals surface area contributed by atoms with E-state index in [1.54, 1.807) is 6.26 Å². The molecule has 0 bridgehead atoms. The van der Waals surface area contributed by atoms with Crippen LogP contribution in [0.5, 0.6) is 0 Å². The maximum absolute atomic E-state index is 5.74. The molecule has 0 radical (unpaired) electrons. The molecule has 132 valence electrons. The lowest BCUT2D eigenvalue weighted by Crippen LogP contribution is -2.48. The fourth-order valence-electron chi connectivity index (χ4n) is 4.19. The van der Waals surface area contributed by atoms with Crippen molar-refractivity contribution in [1.29, 1.82) is 0 Å². The Kier molecular flexibility index (Phi) is 5.13. The zero-order valence-electron chi connectivity index (χ0n) is 14.4. The molecule has 24 heavy (non-hydrogen) atoms. The van der Waals surface area contributed by atoms with Crippen LogP contribution in [-0.4, -0.2) is 59.5 Å². The van der Waals surface area contributed by atoms with Gasteiger partial charge in [0.2, 0.25) is 0 Å². The van der Waals surface area contributed by atoms with Crippen molar-refractivity contribution in [2.45, 2.75) is 51.2 Å². The van der Waals surface area contributed by atoms with E-state index in [4.69, 9.17) is 9.36 Å². The molecule has 2 aliphatic heterocycles. The third-order valence-electron chi connectivity index (χ3n) is 5.64. The Morgan fingerprint density at radius 3 is 2.58 bits per heavy atom. The second kappa shape index (κ2) is 7.66. The lowest BCUT2D eigenvalue weighted by atomic mass is 9.84. The van der Waals surface area contributed by atoms with E-state index in [-0.39, 0.29) is 6.10 Å². The van der Waals surface area contributed by atoms with Gasteiger partial charge in [0.25, 0.3) is 0 Å². The fraction of sp³-hybridized carbons (Fsp3) is 0.778. The maximum atomic E-state index is 5.74. The lowest BCUT2D eigenvalue weighted by molar-refractivity contribution is 0.0335. The SMILES string of the molecule is c1cc(CN2CCN(CC3CC(C4CCCCC4)=NO3)CC2)no1. The quantitative estimate of drug-likeness (QED) is 0.829. The highest BCUT2D eigenvalue weighted by molar-refractivity contribution is 5.87. The fourth-order valence-corrected chi connectivity index (χ4v) is 4.19. The first-order valence-electron chi connectivity index (χ1n) is 9.43. The first-order chi connectivity index (χ1) is 11.9. The van der Waals surface area contributed by atoms with E-state index in [0.717, 1.165) is 51.4 Å². The largest absolute Gasteiger partial charge is 0.391 e. The van der Waals surface area contributed by atoms with Gasteiger partial charge in [0, 0.05) is 57.7 Å². The van der Waals surface area contributed by atoms with Gasteiger partial charge >= 0.3 is 0 Å². The molecule has 0 N–H and O–H groups in total. The summed E-state index contributed by atoms with van der Waals surface area (Å²) in [5.41, 5.74) is 2.36. The molecule has 1 aromatic rings. The van der Waals surface area contributed by atoms with Crippen LogP contribution in [0.4, 0.5) is 0 Å². The highest BCUT2D eigenvalue weighted by Gasteiger charge is 2.30. The van der Waals surface area contributed by atoms with E-state index in [1.165, 1.54) is 37.8 Å². The number of oxime groups is 1. The smallest absolute Gasteiger partial charge is 0.145 e. The Hall–Kier alpha value is -1.40. The highest BCUT2D eigenvalue weighted by atomic mass is 16.6. The summed E-state index contributed by atoms with van der Waals surface area (Å²) < 4.78 is 4.91. The van der Waals surface area contributed by atoms with E-state index in [0.29, 0.717) is 5.92 Å². The molecule has 1 saturated carbocycles. The van der Waals surface area contributed by atoms with Crippen LogP contribution in [-0.2, 0) is 11.4 Å². The predicted octanol–water partition coefficient (Wildman–Crippen LogP) is 2.52. The van der Waals surface area contributed by atoms with E-state index >= 15 is 0 Å². The van der Waals surface area contributed by atoms with Gasteiger partial charge in [-0.2, -0.15) is 0 Å². The molecule has 0 spiro atoms. The predicted molar refractivity (Wildman–Crippen MR) is 91.7 cm³/mol. The molecule has 6 heteroatoms. The number of hydrogen-bond acceptors (Lipinski definition) is 6. The summed E-state index contributed by atoms with van der Waals surface area (Å²) in [7, 11) is 0. The van der Waals surface area contributed by atoms with Crippen molar-refractivity contribution < 1.29 is 9.36 Å². The van der Waals surface area contributed by atoms with Crippen LogP contribution >= 0.6 is 0 Å². The number of piperazine rings is 1. The Morgan fingerprint density at radius 2 is 1.83 bits per heavy atom. The molecule has 1 aliphatic carbocycles. The summed E-state index contributed by atoms with van der Waals surface area (Å²) in [5.74, 6) is 0.697. The molecule has 0 aromatic carbocycles. The Balaban J connectivity index is 1.18. The summed E-state index contributed by atoms with van der Waals surface area (Å²) in [6.45, 7) is 6.25. The third-order valence-corrected chi connectivity index (χ3v) is 5.64. The first kappa shape index (κ1) is 16.1. The van der Waals surface area contributed by atoms with Gasteiger partial charge in [0.1, 0.15) is 12.4 Å². The minimum Gasteiger partial charge on any atom is -0.391 e. The van der Waals surface area contributed by atoms with Gasteiger partial charge in [0.05, 0.1) is 11.4 Å². The molecule has 3 heterocycles. The van der Waals surface area contributed by atoms with Crippen molar-refractivity contribution in [1.82, 2.24) is 15.0 Å². The van der Waals surface area contributed by atoms with Crippen molar-refractivity contribution in [2.24, 2.45) is 11.1 Å². The molecule has 4 rings (SSSR count). The minimum atomic E-state index is 0.268. The van der Waals surface area contributed by atoms with Crippen LogP contribution < -0.4 is 0 Å². The van der Waals surface area contributed by atoms with Gasteiger partial charge in [0.15, 0.2) is 0 Å². The normalized spacial score (nSPS) is 27.2. The van der Waals surface area contributed by atoms with Gasteiger partial charge in [-0.15, -0.1) is 0 Å². The van der Waals surface area contributed by atoms with Crippen molar-refractivity contribution in [3.63, 3.8) is 0 Å². The average Bonchev–Trinajstić information content (AvgIpc) is 3.29. The van der Waals surface area contributed by atoms with Crippen LogP contribution in [0.3, 0.4) is 0 Å². The highest BCUT2D eigenvalue weighted by Crippen LogP contribution is 2.29. The van der Waals surface area contributed by atoms with E-state index in [2.05, 4.69) is 20.1 Å². The Bertz CT molecular complexity index is 531. The first-order valence-corrected chi connectivity index (χ1v) is 9.43. The van der Waals surface area contributed by atoms with E-state index in [1.807, 2.05) is 6.07 Å². The van der Waals surface area contributed by atoms with Crippen LogP contribution in [0.25, 0.3) is 0 Å². The van der Waals surface area contributed by atoms with Crippen LogP contribution in [0, 0.1) is 5.92 Å². The van der Waals surface area contributed by atoms with Crippen LogP contribution in [0.2, 0.25) is 0 Å². The molecule has 6 nitrogen and oxygen atoms in total. The second-order valence-corrected chi connectivity index (χ2v) is 7.42. The lowest BCUT2D eigenvalue weighted by Gasteiger charge is -2.35. The molecular formula is C18H28N4O2. The molecular weight excluding hydrogens is 304 g/mol. The minimum absolute atomic E-state index is 0.268. The molecule has 1 saturated heterocycles. The zero-order valence-corrected chi connectivity index (χ0v) is 14.4.